The lowest BCUT2D eigenvalue weighted by Crippen LogP contribution is -2.36. The minimum absolute atomic E-state index is 0.0566. The Morgan fingerprint density at radius 3 is 2.91 bits per heavy atom. The summed E-state index contributed by atoms with van der Waals surface area (Å²) in [7, 11) is 3.95. The van der Waals surface area contributed by atoms with Crippen LogP contribution in [0.2, 0.25) is 0 Å². The molecule has 0 spiro atoms. The Labute approximate surface area is 135 Å². The molecule has 2 amide bonds. The van der Waals surface area contributed by atoms with Crippen LogP contribution < -0.4 is 5.32 Å². The first-order chi connectivity index (χ1) is 10.4. The third-order valence-corrected chi connectivity index (χ3v) is 4.63. The van der Waals surface area contributed by atoms with Crippen molar-refractivity contribution in [2.24, 2.45) is 5.92 Å². The zero-order valence-electron chi connectivity index (χ0n) is 13.6. The molecule has 2 atom stereocenters. The van der Waals surface area contributed by atoms with Crippen LogP contribution in [0.1, 0.15) is 30.1 Å². The van der Waals surface area contributed by atoms with Crippen LogP contribution in [0.5, 0.6) is 0 Å². The highest BCUT2D eigenvalue weighted by Crippen LogP contribution is 2.20. The van der Waals surface area contributed by atoms with Gasteiger partial charge < -0.3 is 15.1 Å². The average molecular weight is 324 g/mol. The van der Waals surface area contributed by atoms with Gasteiger partial charge in [0.1, 0.15) is 0 Å². The molecular weight excluding hydrogens is 300 g/mol. The van der Waals surface area contributed by atoms with Gasteiger partial charge in [0, 0.05) is 31.4 Å². The van der Waals surface area contributed by atoms with Gasteiger partial charge in [-0.3, -0.25) is 9.59 Å². The molecule has 22 heavy (non-hydrogen) atoms. The second-order valence-electron chi connectivity index (χ2n) is 6.07. The second kappa shape index (κ2) is 7.19. The topological polar surface area (TPSA) is 65.5 Å². The van der Waals surface area contributed by atoms with Crippen LogP contribution >= 0.6 is 11.3 Å². The third kappa shape index (κ3) is 4.27. The van der Waals surface area contributed by atoms with Crippen LogP contribution in [0.25, 0.3) is 0 Å². The van der Waals surface area contributed by atoms with Crippen LogP contribution in [0.15, 0.2) is 5.38 Å². The minimum Gasteiger partial charge on any atom is -0.348 e. The SMILES string of the molecule is Cc1nc([C@H](C)NC(=O)[C@H]2CC(=O)N(CCN(C)C)C2)cs1. The van der Waals surface area contributed by atoms with Gasteiger partial charge in [-0.15, -0.1) is 11.3 Å². The molecule has 1 aliphatic heterocycles. The number of aromatic nitrogens is 1. The Kier molecular flexibility index (Phi) is 5.52. The molecule has 0 radical (unpaired) electrons. The van der Waals surface area contributed by atoms with E-state index in [0.29, 0.717) is 19.5 Å². The summed E-state index contributed by atoms with van der Waals surface area (Å²) in [4.78, 5) is 32.5. The van der Waals surface area contributed by atoms with E-state index in [1.807, 2.05) is 38.2 Å². The van der Waals surface area contributed by atoms with Crippen molar-refractivity contribution in [3.63, 3.8) is 0 Å². The Hall–Kier alpha value is -1.47. The molecule has 7 heteroatoms. The largest absolute Gasteiger partial charge is 0.348 e. The van der Waals surface area contributed by atoms with Gasteiger partial charge in [-0.25, -0.2) is 4.98 Å². The lowest BCUT2D eigenvalue weighted by Gasteiger charge is -2.19. The molecule has 0 saturated carbocycles. The number of carbonyl (C=O) groups is 2. The van der Waals surface area contributed by atoms with Crippen LogP contribution in [0.3, 0.4) is 0 Å². The standard InChI is InChI=1S/C15H24N4O2S/c1-10(13-9-22-11(2)17-13)16-15(21)12-7-14(20)19(8-12)6-5-18(3)4/h9-10,12H,5-8H2,1-4H3,(H,16,21)/t10-,12-/m0/s1. The van der Waals surface area contributed by atoms with Gasteiger partial charge in [-0.05, 0) is 27.9 Å². The summed E-state index contributed by atoms with van der Waals surface area (Å²) in [5, 5.41) is 5.92. The lowest BCUT2D eigenvalue weighted by atomic mass is 10.1. The number of likely N-dealkylation sites (tertiary alicyclic amines) is 1. The summed E-state index contributed by atoms with van der Waals surface area (Å²) in [6.45, 7) is 5.88. The number of hydrogen-bond acceptors (Lipinski definition) is 5. The Morgan fingerprint density at radius 2 is 2.32 bits per heavy atom. The van der Waals surface area contributed by atoms with Crippen LogP contribution in [-0.4, -0.2) is 60.3 Å². The summed E-state index contributed by atoms with van der Waals surface area (Å²) in [5.74, 6) is -0.241. The van der Waals surface area contributed by atoms with Crippen molar-refractivity contribution in [1.82, 2.24) is 20.1 Å². The van der Waals surface area contributed by atoms with Gasteiger partial charge in [0.2, 0.25) is 11.8 Å². The fourth-order valence-corrected chi connectivity index (χ4v) is 3.18. The monoisotopic (exact) mass is 324 g/mol. The van der Waals surface area contributed by atoms with E-state index in [4.69, 9.17) is 0 Å². The Bertz CT molecular complexity index is 543. The van der Waals surface area contributed by atoms with Crippen molar-refractivity contribution in [2.75, 3.05) is 33.7 Å². The quantitative estimate of drug-likeness (QED) is 0.849. The van der Waals surface area contributed by atoms with Crippen LogP contribution in [0, 0.1) is 12.8 Å². The first kappa shape index (κ1) is 16.9. The number of nitrogens with zero attached hydrogens (tertiary/aromatic N) is 3. The van der Waals surface area contributed by atoms with Gasteiger partial charge in [0.25, 0.3) is 0 Å². The van der Waals surface area contributed by atoms with E-state index < -0.39 is 0 Å². The molecule has 1 aromatic heterocycles. The van der Waals surface area contributed by atoms with Crippen molar-refractivity contribution < 1.29 is 9.59 Å². The summed E-state index contributed by atoms with van der Waals surface area (Å²) in [5.41, 5.74) is 0.879. The molecule has 0 bridgehead atoms. The van der Waals surface area contributed by atoms with Gasteiger partial charge in [-0.2, -0.15) is 0 Å². The van der Waals surface area contributed by atoms with Crippen molar-refractivity contribution in [3.8, 4) is 0 Å². The highest BCUT2D eigenvalue weighted by molar-refractivity contribution is 7.09. The molecule has 1 saturated heterocycles. The second-order valence-corrected chi connectivity index (χ2v) is 7.13. The molecular formula is C15H24N4O2S. The maximum Gasteiger partial charge on any atom is 0.225 e. The van der Waals surface area contributed by atoms with E-state index in [0.717, 1.165) is 17.2 Å². The molecule has 0 aromatic carbocycles. The van der Waals surface area contributed by atoms with E-state index in [9.17, 15) is 9.59 Å². The molecule has 2 heterocycles. The number of likely N-dealkylation sites (N-methyl/N-ethyl adjacent to an activating group) is 1. The molecule has 2 rings (SSSR count). The molecule has 1 aliphatic rings. The van der Waals surface area contributed by atoms with Crippen LogP contribution in [-0.2, 0) is 9.59 Å². The third-order valence-electron chi connectivity index (χ3n) is 3.84. The lowest BCUT2D eigenvalue weighted by molar-refractivity contribution is -0.129. The van der Waals surface area contributed by atoms with Gasteiger partial charge >= 0.3 is 0 Å². The van der Waals surface area contributed by atoms with E-state index in [-0.39, 0.29) is 23.8 Å². The zero-order valence-corrected chi connectivity index (χ0v) is 14.4. The first-order valence-electron chi connectivity index (χ1n) is 7.51. The summed E-state index contributed by atoms with van der Waals surface area (Å²) >= 11 is 1.57. The number of aryl methyl sites for hydroxylation is 1. The highest BCUT2D eigenvalue weighted by atomic mass is 32.1. The fourth-order valence-electron chi connectivity index (χ4n) is 2.47. The summed E-state index contributed by atoms with van der Waals surface area (Å²) in [6.07, 6.45) is 0.308. The van der Waals surface area contributed by atoms with Gasteiger partial charge in [-0.1, -0.05) is 0 Å². The van der Waals surface area contributed by atoms with E-state index in [2.05, 4.69) is 10.3 Å². The average Bonchev–Trinajstić information content (AvgIpc) is 3.02. The van der Waals surface area contributed by atoms with Crippen LogP contribution in [0.4, 0.5) is 0 Å². The molecule has 1 N–H and O–H groups in total. The number of carbonyl (C=O) groups excluding carboxylic acids is 2. The van der Waals surface area contributed by atoms with Crippen molar-refractivity contribution in [1.29, 1.82) is 0 Å². The van der Waals surface area contributed by atoms with Crippen molar-refractivity contribution in [3.05, 3.63) is 16.1 Å². The number of rotatable bonds is 6. The fraction of sp³-hybridized carbons (Fsp3) is 0.667. The van der Waals surface area contributed by atoms with Crippen molar-refractivity contribution in [2.45, 2.75) is 26.3 Å². The van der Waals surface area contributed by atoms with Gasteiger partial charge in [0.05, 0.1) is 22.7 Å². The smallest absolute Gasteiger partial charge is 0.225 e. The molecule has 0 unspecified atom stereocenters. The Morgan fingerprint density at radius 1 is 1.59 bits per heavy atom. The van der Waals surface area contributed by atoms with Crippen molar-refractivity contribution >= 4 is 23.2 Å². The number of thiazole rings is 1. The molecule has 122 valence electrons. The molecule has 1 aromatic rings. The molecule has 0 aliphatic carbocycles. The highest BCUT2D eigenvalue weighted by Gasteiger charge is 2.34. The number of hydrogen-bond donors (Lipinski definition) is 1. The van der Waals surface area contributed by atoms with Gasteiger partial charge in [0.15, 0.2) is 0 Å². The maximum atomic E-state index is 12.3. The van der Waals surface area contributed by atoms with E-state index in [1.165, 1.54) is 0 Å². The predicted molar refractivity (Wildman–Crippen MR) is 86.6 cm³/mol. The summed E-state index contributed by atoms with van der Waals surface area (Å²) in [6, 6.07) is -0.122. The van der Waals surface area contributed by atoms with E-state index in [1.54, 1.807) is 16.2 Å². The molecule has 1 fully saturated rings. The first-order valence-corrected chi connectivity index (χ1v) is 8.39. The summed E-state index contributed by atoms with van der Waals surface area (Å²) < 4.78 is 0. The van der Waals surface area contributed by atoms with E-state index >= 15 is 0 Å². The Balaban J connectivity index is 1.87. The molecule has 6 nitrogen and oxygen atoms in total. The number of amides is 2. The predicted octanol–water partition coefficient (Wildman–Crippen LogP) is 1.04. The maximum absolute atomic E-state index is 12.3. The zero-order chi connectivity index (χ0) is 16.3. The number of nitrogens with one attached hydrogen (secondary N) is 1. The normalized spacial score (nSPS) is 19.8. The minimum atomic E-state index is -0.253.